The lowest BCUT2D eigenvalue weighted by molar-refractivity contribution is -0.110. The van der Waals surface area contributed by atoms with Crippen LogP contribution in [0.2, 0.25) is 0 Å². The lowest BCUT2D eigenvalue weighted by atomic mass is 9.39. The van der Waals surface area contributed by atoms with E-state index in [1.165, 1.54) is 92.0 Å². The van der Waals surface area contributed by atoms with Gasteiger partial charge in [-0.2, -0.15) is 0 Å². The van der Waals surface area contributed by atoms with E-state index in [4.69, 9.17) is 11.5 Å². The zero-order chi connectivity index (χ0) is 41.0. The van der Waals surface area contributed by atoms with Crippen molar-refractivity contribution in [3.63, 3.8) is 0 Å². The number of unbranched alkanes of at least 4 members (excludes halogenated alkanes) is 3. The van der Waals surface area contributed by atoms with Crippen molar-refractivity contribution in [2.75, 3.05) is 11.5 Å². The second kappa shape index (κ2) is 12.3. The van der Waals surface area contributed by atoms with Gasteiger partial charge in [0.15, 0.2) is 0 Å². The van der Waals surface area contributed by atoms with Gasteiger partial charge in [-0.25, -0.2) is 0 Å². The molecular formula is C55H68N2O2. The highest BCUT2D eigenvalue weighted by Crippen LogP contribution is 2.73. The standard InChI is InChI=1S/C55H68N2O2/c1-6-7-8-9-12-34-15-16-40-39-13-10-11-14-41(39)55(42(40)17-34,37-18-43(47(58)45(56)20-37)53-26-35-22-49(2,30-53)28-50(3,23-35)31-53)38-19-44(48(59)46(57)21-38)54-27-36-24-51(4,32-54)29-52(5,25-36)33-54/h10-11,13-21,35-36,58-59H,6-9,12,22-33,56-57H2,1-5H3. The first-order valence-electron chi connectivity index (χ1n) is 23.5. The Bertz CT molecular complexity index is 2260. The molecule has 0 spiro atoms. The molecule has 4 heteroatoms. The van der Waals surface area contributed by atoms with Gasteiger partial charge in [-0.1, -0.05) is 96.3 Å². The van der Waals surface area contributed by atoms with Gasteiger partial charge in [-0.15, -0.1) is 0 Å². The number of phenols is 2. The molecule has 9 aliphatic carbocycles. The van der Waals surface area contributed by atoms with Crippen LogP contribution in [-0.2, 0) is 22.7 Å². The summed E-state index contributed by atoms with van der Waals surface area (Å²) >= 11 is 0. The van der Waals surface area contributed by atoms with E-state index in [9.17, 15) is 10.2 Å². The van der Waals surface area contributed by atoms with Gasteiger partial charge in [0.2, 0.25) is 0 Å². The quantitative estimate of drug-likeness (QED) is 0.0680. The summed E-state index contributed by atoms with van der Waals surface area (Å²) in [7, 11) is 0. The van der Waals surface area contributed by atoms with Crippen molar-refractivity contribution in [1.29, 1.82) is 0 Å². The van der Waals surface area contributed by atoms with Crippen molar-refractivity contribution in [2.24, 2.45) is 33.5 Å². The lowest BCUT2D eigenvalue weighted by Gasteiger charge is -2.65. The normalized spacial score (nSPS) is 38.2. The summed E-state index contributed by atoms with van der Waals surface area (Å²) in [6.45, 7) is 12.4. The topological polar surface area (TPSA) is 92.5 Å². The zero-order valence-electron chi connectivity index (χ0n) is 36.6. The summed E-state index contributed by atoms with van der Waals surface area (Å²) in [5.74, 6) is 1.92. The number of nitrogen functional groups attached to an aromatic ring is 2. The van der Waals surface area contributed by atoms with Crippen LogP contribution >= 0.6 is 0 Å². The fourth-order valence-electron chi connectivity index (χ4n) is 18.1. The molecule has 310 valence electrons. The summed E-state index contributed by atoms with van der Waals surface area (Å²) in [6, 6.07) is 25.3. The molecule has 0 aliphatic heterocycles. The predicted molar refractivity (Wildman–Crippen MR) is 242 cm³/mol. The first-order chi connectivity index (χ1) is 28.0. The van der Waals surface area contributed by atoms with Crippen LogP contribution in [0.5, 0.6) is 11.5 Å². The molecule has 0 aromatic heterocycles. The fourth-order valence-corrected chi connectivity index (χ4v) is 18.1. The van der Waals surface area contributed by atoms with E-state index < -0.39 is 5.41 Å². The van der Waals surface area contributed by atoms with E-state index in [1.54, 1.807) is 0 Å². The van der Waals surface area contributed by atoms with Gasteiger partial charge in [0, 0.05) is 22.0 Å². The lowest BCUT2D eigenvalue weighted by Crippen LogP contribution is -2.57. The molecule has 4 unspecified atom stereocenters. The first kappa shape index (κ1) is 38.0. The van der Waals surface area contributed by atoms with Crippen LogP contribution in [0.4, 0.5) is 11.4 Å². The van der Waals surface area contributed by atoms with Crippen LogP contribution in [-0.4, -0.2) is 10.2 Å². The molecule has 8 saturated carbocycles. The number of phenolic OH excluding ortho intramolecular Hbond substituents is 2. The van der Waals surface area contributed by atoms with Crippen molar-refractivity contribution in [3.8, 4) is 22.6 Å². The van der Waals surface area contributed by atoms with E-state index >= 15 is 0 Å². The van der Waals surface area contributed by atoms with Crippen LogP contribution in [0.15, 0.2) is 66.7 Å². The zero-order valence-corrected chi connectivity index (χ0v) is 36.6. The number of rotatable bonds is 9. The van der Waals surface area contributed by atoms with Crippen molar-refractivity contribution >= 4 is 11.4 Å². The smallest absolute Gasteiger partial charge is 0.142 e. The highest BCUT2D eigenvalue weighted by molar-refractivity contribution is 5.88. The molecule has 0 heterocycles. The Labute approximate surface area is 353 Å². The van der Waals surface area contributed by atoms with Gasteiger partial charge in [0.25, 0.3) is 0 Å². The van der Waals surface area contributed by atoms with E-state index in [0.717, 1.165) is 67.2 Å². The second-order valence-corrected chi connectivity index (χ2v) is 23.7. The fraction of sp³-hybridized carbons (Fsp3) is 0.564. The molecule has 59 heavy (non-hydrogen) atoms. The highest BCUT2D eigenvalue weighted by atomic mass is 16.3. The number of hydrogen-bond donors (Lipinski definition) is 4. The highest BCUT2D eigenvalue weighted by Gasteiger charge is 2.63. The summed E-state index contributed by atoms with van der Waals surface area (Å²) in [4.78, 5) is 0. The molecule has 4 aromatic rings. The Morgan fingerprint density at radius 1 is 0.525 bits per heavy atom. The maximum Gasteiger partial charge on any atom is 0.142 e. The molecule has 4 nitrogen and oxygen atoms in total. The number of aryl methyl sites for hydroxylation is 1. The minimum Gasteiger partial charge on any atom is -0.505 e. The number of fused-ring (bicyclic) bond motifs is 3. The number of benzene rings is 4. The van der Waals surface area contributed by atoms with Gasteiger partial charge >= 0.3 is 0 Å². The minimum atomic E-state index is -0.759. The van der Waals surface area contributed by atoms with Gasteiger partial charge in [-0.3, -0.25) is 0 Å². The Hall–Kier alpha value is -3.92. The Balaban J connectivity index is 1.18. The van der Waals surface area contributed by atoms with E-state index in [2.05, 4.69) is 101 Å². The van der Waals surface area contributed by atoms with Crippen molar-refractivity contribution in [3.05, 3.63) is 106 Å². The number of aromatic hydroxyl groups is 2. The maximum absolute atomic E-state index is 12.3. The average molecular weight is 789 g/mol. The molecule has 0 amide bonds. The molecule has 0 radical (unpaired) electrons. The summed E-state index contributed by atoms with van der Waals surface area (Å²) in [5, 5.41) is 24.6. The van der Waals surface area contributed by atoms with Crippen LogP contribution in [0.25, 0.3) is 11.1 Å². The summed E-state index contributed by atoms with van der Waals surface area (Å²) in [5.41, 5.74) is 26.1. The molecule has 0 saturated heterocycles. The van der Waals surface area contributed by atoms with Gasteiger partial charge < -0.3 is 21.7 Å². The van der Waals surface area contributed by atoms with Crippen LogP contribution in [0.3, 0.4) is 0 Å². The van der Waals surface area contributed by atoms with Crippen molar-refractivity contribution < 1.29 is 10.2 Å². The Kier molecular flexibility index (Phi) is 7.96. The predicted octanol–water partition coefficient (Wildman–Crippen LogP) is 13.2. The van der Waals surface area contributed by atoms with E-state index in [-0.39, 0.29) is 44.0 Å². The number of hydrogen-bond acceptors (Lipinski definition) is 4. The Morgan fingerprint density at radius 3 is 1.51 bits per heavy atom. The molecule has 13 rings (SSSR count). The third-order valence-electron chi connectivity index (χ3n) is 18.0. The molecule has 4 atom stereocenters. The molecule has 4 aromatic carbocycles. The SMILES string of the molecule is CCCCCCc1ccc2c(c1)C(c1cc(N)c(O)c(C34CC5CC(C)(CC(C)(C5)C3)C4)c1)(c1cc(N)c(O)c(C34CC5CC(C)(CC(C)(C5)C3)C4)c1)c1ccccc1-2. The van der Waals surface area contributed by atoms with E-state index in [0.29, 0.717) is 23.2 Å². The van der Waals surface area contributed by atoms with Gasteiger partial charge in [0.1, 0.15) is 11.5 Å². The first-order valence-corrected chi connectivity index (χ1v) is 23.5. The molecule has 9 aliphatic rings. The van der Waals surface area contributed by atoms with Crippen molar-refractivity contribution in [1.82, 2.24) is 0 Å². The Morgan fingerprint density at radius 2 is 1.02 bits per heavy atom. The third kappa shape index (κ3) is 5.45. The van der Waals surface area contributed by atoms with Crippen LogP contribution in [0.1, 0.15) is 176 Å². The third-order valence-corrected chi connectivity index (χ3v) is 18.0. The summed E-state index contributed by atoms with van der Waals surface area (Å²) in [6.07, 6.45) is 20.3. The van der Waals surface area contributed by atoms with Crippen LogP contribution in [0, 0.1) is 33.5 Å². The minimum absolute atomic E-state index is 0.121. The van der Waals surface area contributed by atoms with Gasteiger partial charge in [0.05, 0.1) is 16.8 Å². The monoisotopic (exact) mass is 789 g/mol. The van der Waals surface area contributed by atoms with Crippen LogP contribution < -0.4 is 11.5 Å². The average Bonchev–Trinajstić information content (AvgIpc) is 3.43. The van der Waals surface area contributed by atoms with Gasteiger partial charge in [-0.05, 0) is 187 Å². The number of anilines is 2. The summed E-state index contributed by atoms with van der Waals surface area (Å²) < 4.78 is 0. The second-order valence-electron chi connectivity index (χ2n) is 23.7. The molecular weight excluding hydrogens is 721 g/mol. The maximum atomic E-state index is 12.3. The largest absolute Gasteiger partial charge is 0.505 e. The molecule has 8 bridgehead atoms. The molecule has 6 N–H and O–H groups in total. The van der Waals surface area contributed by atoms with Crippen molar-refractivity contribution in [2.45, 2.75) is 160 Å². The van der Waals surface area contributed by atoms with E-state index in [1.807, 2.05) is 0 Å². The number of nitrogens with two attached hydrogens (primary N) is 2. The molecule has 8 fully saturated rings.